The molecule has 1 saturated heterocycles. The molecule has 12 heteroatoms. The molecular weight excluding hydrogens is 591 g/mol. The molecule has 0 saturated carbocycles. The number of carbonyl (C=O) groups is 4. The molecule has 1 aliphatic heterocycles. The molecule has 3 N–H and O–H groups in total. The second-order valence-corrected chi connectivity index (χ2v) is 10.6. The predicted octanol–water partition coefficient (Wildman–Crippen LogP) is 4.25. The third kappa shape index (κ3) is 7.51. The van der Waals surface area contributed by atoms with Crippen LogP contribution in [0.2, 0.25) is 0 Å². The Balaban J connectivity index is 1.40. The molecule has 3 aromatic carbocycles. The number of piperazine rings is 1. The van der Waals surface area contributed by atoms with Gasteiger partial charge in [0.25, 0.3) is 17.7 Å². The smallest absolute Gasteiger partial charge is 0.305 e. The van der Waals surface area contributed by atoms with Crippen LogP contribution in [0, 0.1) is 17.1 Å². The van der Waals surface area contributed by atoms with Crippen LogP contribution in [0.3, 0.4) is 0 Å². The number of carbonyl (C=O) groups excluding carboxylic acids is 3. The van der Waals surface area contributed by atoms with Crippen molar-refractivity contribution >= 4 is 35.1 Å². The fourth-order valence-corrected chi connectivity index (χ4v) is 5.13. The summed E-state index contributed by atoms with van der Waals surface area (Å²) in [7, 11) is 0. The fraction of sp³-hybridized carbons (Fsp3) is 0.176. The topological polar surface area (TPSA) is 156 Å². The van der Waals surface area contributed by atoms with Crippen molar-refractivity contribution in [1.82, 2.24) is 15.2 Å². The number of nitrogens with one attached hydrogen (secondary N) is 2. The predicted molar refractivity (Wildman–Crippen MR) is 167 cm³/mol. The van der Waals surface area contributed by atoms with Gasteiger partial charge in [0.2, 0.25) is 0 Å². The molecule has 1 unspecified atom stereocenters. The zero-order valence-corrected chi connectivity index (χ0v) is 24.5. The molecule has 0 aliphatic carbocycles. The van der Waals surface area contributed by atoms with Crippen molar-refractivity contribution in [2.75, 3.05) is 36.4 Å². The normalized spacial score (nSPS) is 13.3. The second kappa shape index (κ2) is 14.1. The number of rotatable bonds is 9. The summed E-state index contributed by atoms with van der Waals surface area (Å²) in [5.41, 5.74) is 2.70. The fourth-order valence-electron chi connectivity index (χ4n) is 5.13. The zero-order valence-electron chi connectivity index (χ0n) is 24.5. The second-order valence-electron chi connectivity index (χ2n) is 10.6. The molecule has 5 rings (SSSR count). The van der Waals surface area contributed by atoms with E-state index in [0.717, 1.165) is 0 Å². The summed E-state index contributed by atoms with van der Waals surface area (Å²) < 4.78 is 13.5. The van der Waals surface area contributed by atoms with Crippen molar-refractivity contribution in [1.29, 1.82) is 5.26 Å². The summed E-state index contributed by atoms with van der Waals surface area (Å²) >= 11 is 0. The largest absolute Gasteiger partial charge is 0.481 e. The molecule has 1 atom stereocenters. The van der Waals surface area contributed by atoms with Gasteiger partial charge in [0, 0.05) is 49.7 Å². The molecule has 3 amide bonds. The van der Waals surface area contributed by atoms with Crippen LogP contribution < -0.4 is 15.5 Å². The Bertz CT molecular complexity index is 1780. The lowest BCUT2D eigenvalue weighted by Crippen LogP contribution is -2.49. The number of amides is 3. The molecule has 11 nitrogen and oxygen atoms in total. The molecular formula is C34H29FN6O5. The Morgan fingerprint density at radius 1 is 0.891 bits per heavy atom. The SMILES string of the molecule is N#Cc1ccc(C(=O)Nc2cc(C(=O)NC(CC(=O)O)c3ccc(F)cc3)ccc2N2CCN(C(=O)c3cccnc3)CC2)cc1. The first kappa shape index (κ1) is 31.3. The molecule has 0 spiro atoms. The van der Waals surface area contributed by atoms with E-state index in [0.29, 0.717) is 59.8 Å². The van der Waals surface area contributed by atoms with E-state index in [-0.39, 0.29) is 11.5 Å². The molecule has 1 aromatic heterocycles. The Hall–Kier alpha value is -6.09. The molecule has 0 bridgehead atoms. The number of anilines is 2. The van der Waals surface area contributed by atoms with Crippen molar-refractivity contribution in [2.45, 2.75) is 12.5 Å². The molecule has 232 valence electrons. The number of nitrogens with zero attached hydrogens (tertiary/aromatic N) is 4. The number of hydrogen-bond acceptors (Lipinski definition) is 7. The van der Waals surface area contributed by atoms with Crippen molar-refractivity contribution in [3.8, 4) is 6.07 Å². The number of nitriles is 1. The lowest BCUT2D eigenvalue weighted by Gasteiger charge is -2.37. The van der Waals surface area contributed by atoms with Crippen molar-refractivity contribution < 1.29 is 28.7 Å². The standard InChI is InChI=1S/C34H29FN6O5/c35-27-10-7-23(8-11-27)28(19-31(42)43)38-33(45)25-9-12-30(29(18-25)39-32(44)24-5-3-22(20-36)4-6-24)40-14-16-41(17-15-40)34(46)26-2-1-13-37-21-26/h1-13,18,21,28H,14-17,19H2,(H,38,45)(H,39,44)(H,42,43). The third-order valence-corrected chi connectivity index (χ3v) is 7.56. The van der Waals surface area contributed by atoms with Gasteiger partial charge >= 0.3 is 5.97 Å². The average molecular weight is 621 g/mol. The van der Waals surface area contributed by atoms with Crippen molar-refractivity contribution in [2.24, 2.45) is 0 Å². The maximum atomic E-state index is 13.5. The monoisotopic (exact) mass is 620 g/mol. The van der Waals surface area contributed by atoms with E-state index < -0.39 is 36.1 Å². The van der Waals surface area contributed by atoms with Crippen LogP contribution in [-0.2, 0) is 4.79 Å². The summed E-state index contributed by atoms with van der Waals surface area (Å²) in [6.45, 7) is 1.71. The van der Waals surface area contributed by atoms with Gasteiger partial charge in [-0.15, -0.1) is 0 Å². The van der Waals surface area contributed by atoms with Gasteiger partial charge in [0.05, 0.1) is 41.0 Å². The Morgan fingerprint density at radius 2 is 1.59 bits per heavy atom. The maximum absolute atomic E-state index is 13.5. The average Bonchev–Trinajstić information content (AvgIpc) is 3.08. The number of benzene rings is 3. The van der Waals surface area contributed by atoms with Gasteiger partial charge in [0.15, 0.2) is 0 Å². The van der Waals surface area contributed by atoms with Crippen LogP contribution in [0.4, 0.5) is 15.8 Å². The van der Waals surface area contributed by atoms with E-state index in [4.69, 9.17) is 5.26 Å². The number of aromatic nitrogens is 1. The number of hydrogen-bond donors (Lipinski definition) is 3. The molecule has 46 heavy (non-hydrogen) atoms. The summed E-state index contributed by atoms with van der Waals surface area (Å²) in [6.07, 6.45) is 2.69. The maximum Gasteiger partial charge on any atom is 0.305 e. The third-order valence-electron chi connectivity index (χ3n) is 7.56. The van der Waals surface area contributed by atoms with Gasteiger partial charge in [-0.25, -0.2) is 4.39 Å². The highest BCUT2D eigenvalue weighted by atomic mass is 19.1. The van der Waals surface area contributed by atoms with E-state index in [9.17, 15) is 28.7 Å². The van der Waals surface area contributed by atoms with Crippen LogP contribution >= 0.6 is 0 Å². The summed E-state index contributed by atoms with van der Waals surface area (Å²) in [4.78, 5) is 58.9. The van der Waals surface area contributed by atoms with Gasteiger partial charge in [-0.2, -0.15) is 5.26 Å². The first-order valence-electron chi connectivity index (χ1n) is 14.4. The van der Waals surface area contributed by atoms with E-state index in [1.807, 2.05) is 11.0 Å². The number of pyridine rings is 1. The van der Waals surface area contributed by atoms with E-state index in [2.05, 4.69) is 15.6 Å². The van der Waals surface area contributed by atoms with Crippen molar-refractivity contribution in [3.63, 3.8) is 0 Å². The van der Waals surface area contributed by atoms with Crippen LogP contribution in [0.5, 0.6) is 0 Å². The Labute approximate surface area is 263 Å². The first-order valence-corrected chi connectivity index (χ1v) is 14.4. The summed E-state index contributed by atoms with van der Waals surface area (Å²) in [5, 5.41) is 24.1. The molecule has 4 aromatic rings. The first-order chi connectivity index (χ1) is 22.2. The highest BCUT2D eigenvalue weighted by Crippen LogP contribution is 2.30. The lowest BCUT2D eigenvalue weighted by molar-refractivity contribution is -0.137. The van der Waals surface area contributed by atoms with E-state index in [1.54, 1.807) is 35.4 Å². The van der Waals surface area contributed by atoms with Gasteiger partial charge in [-0.1, -0.05) is 12.1 Å². The van der Waals surface area contributed by atoms with E-state index in [1.165, 1.54) is 60.8 Å². The molecule has 2 heterocycles. The molecule has 0 radical (unpaired) electrons. The number of carboxylic acids is 1. The minimum atomic E-state index is -1.15. The number of halogens is 1. The number of carboxylic acid groups (broad SMARTS) is 1. The highest BCUT2D eigenvalue weighted by Gasteiger charge is 2.26. The minimum Gasteiger partial charge on any atom is -0.481 e. The molecule has 1 fully saturated rings. The van der Waals surface area contributed by atoms with Crippen LogP contribution in [0.25, 0.3) is 0 Å². The van der Waals surface area contributed by atoms with E-state index >= 15 is 0 Å². The highest BCUT2D eigenvalue weighted by molar-refractivity contribution is 6.07. The lowest BCUT2D eigenvalue weighted by atomic mass is 10.0. The molecule has 1 aliphatic rings. The van der Waals surface area contributed by atoms with Gasteiger partial charge in [0.1, 0.15) is 5.82 Å². The summed E-state index contributed by atoms with van der Waals surface area (Å²) in [6, 6.07) is 20.5. The number of aliphatic carboxylic acids is 1. The van der Waals surface area contributed by atoms with Crippen molar-refractivity contribution in [3.05, 3.63) is 125 Å². The zero-order chi connectivity index (χ0) is 32.6. The van der Waals surface area contributed by atoms with Crippen LogP contribution in [0.15, 0.2) is 91.3 Å². The minimum absolute atomic E-state index is 0.133. The van der Waals surface area contributed by atoms with Crippen LogP contribution in [-0.4, -0.2) is 64.9 Å². The van der Waals surface area contributed by atoms with Crippen LogP contribution in [0.1, 0.15) is 54.7 Å². The summed E-state index contributed by atoms with van der Waals surface area (Å²) in [5.74, 6) is -2.84. The van der Waals surface area contributed by atoms with Gasteiger partial charge in [-0.3, -0.25) is 24.2 Å². The Morgan fingerprint density at radius 3 is 2.22 bits per heavy atom. The van der Waals surface area contributed by atoms with Gasteiger partial charge < -0.3 is 25.5 Å². The van der Waals surface area contributed by atoms with Gasteiger partial charge in [-0.05, 0) is 72.3 Å². The Kier molecular flexibility index (Phi) is 9.63. The quantitative estimate of drug-likeness (QED) is 0.251.